The lowest BCUT2D eigenvalue weighted by molar-refractivity contribution is 0.0423. The third kappa shape index (κ3) is 3.79. The fourth-order valence-corrected chi connectivity index (χ4v) is 2.73. The van der Waals surface area contributed by atoms with Gasteiger partial charge in [-0.3, -0.25) is 4.90 Å². The number of rotatable bonds is 8. The van der Waals surface area contributed by atoms with Gasteiger partial charge in [0.1, 0.15) is 0 Å². The number of nitrogens with zero attached hydrogens (tertiary/aromatic N) is 1. The highest BCUT2D eigenvalue weighted by Crippen LogP contribution is 2.29. The SMILES string of the molecule is CCCCN(C(C)C)C(CC)(CC)CC. The Morgan fingerprint density at radius 1 is 0.933 bits per heavy atom. The van der Waals surface area contributed by atoms with Crippen molar-refractivity contribution in [3.8, 4) is 0 Å². The van der Waals surface area contributed by atoms with Crippen molar-refractivity contribution in [3.63, 3.8) is 0 Å². The Kier molecular flexibility index (Phi) is 7.25. The first kappa shape index (κ1) is 15.0. The predicted molar refractivity (Wildman–Crippen MR) is 70.4 cm³/mol. The van der Waals surface area contributed by atoms with Crippen molar-refractivity contribution in [2.75, 3.05) is 6.54 Å². The molecule has 0 saturated carbocycles. The maximum absolute atomic E-state index is 2.73. The van der Waals surface area contributed by atoms with Gasteiger partial charge in [0.2, 0.25) is 0 Å². The third-order valence-electron chi connectivity index (χ3n) is 3.96. The van der Waals surface area contributed by atoms with E-state index in [1.54, 1.807) is 0 Å². The molecular weight excluding hydrogens is 182 g/mol. The largest absolute Gasteiger partial charge is 0.295 e. The fourth-order valence-electron chi connectivity index (χ4n) is 2.73. The Hall–Kier alpha value is -0.0400. The van der Waals surface area contributed by atoms with Gasteiger partial charge in [0.25, 0.3) is 0 Å². The summed E-state index contributed by atoms with van der Waals surface area (Å²) in [6, 6.07) is 0.677. The van der Waals surface area contributed by atoms with Gasteiger partial charge < -0.3 is 0 Å². The first-order valence-corrected chi connectivity index (χ1v) is 6.84. The van der Waals surface area contributed by atoms with E-state index in [0.717, 1.165) is 0 Å². The van der Waals surface area contributed by atoms with E-state index in [1.165, 1.54) is 38.6 Å². The summed E-state index contributed by atoms with van der Waals surface area (Å²) in [5.74, 6) is 0. The first-order valence-electron chi connectivity index (χ1n) is 6.84. The van der Waals surface area contributed by atoms with Crippen LogP contribution in [-0.2, 0) is 0 Å². The van der Waals surface area contributed by atoms with Gasteiger partial charge >= 0.3 is 0 Å². The van der Waals surface area contributed by atoms with Crippen LogP contribution in [0, 0.1) is 0 Å². The first-order chi connectivity index (χ1) is 7.07. The molecule has 0 spiro atoms. The average molecular weight is 213 g/mol. The minimum absolute atomic E-state index is 0.448. The molecule has 0 atom stereocenters. The highest BCUT2D eigenvalue weighted by atomic mass is 15.2. The Morgan fingerprint density at radius 2 is 1.40 bits per heavy atom. The molecule has 0 bridgehead atoms. The highest BCUT2D eigenvalue weighted by molar-refractivity contribution is 4.88. The second-order valence-corrected chi connectivity index (χ2v) is 4.93. The maximum Gasteiger partial charge on any atom is 0.0204 e. The van der Waals surface area contributed by atoms with Crippen LogP contribution in [-0.4, -0.2) is 23.0 Å². The molecule has 0 unspecified atom stereocenters. The van der Waals surface area contributed by atoms with Gasteiger partial charge in [0.15, 0.2) is 0 Å². The van der Waals surface area contributed by atoms with Crippen molar-refractivity contribution in [2.24, 2.45) is 0 Å². The van der Waals surface area contributed by atoms with Gasteiger partial charge in [-0.05, 0) is 46.1 Å². The molecule has 1 heteroatoms. The van der Waals surface area contributed by atoms with Crippen molar-refractivity contribution in [2.45, 2.75) is 85.2 Å². The molecule has 0 radical (unpaired) electrons. The van der Waals surface area contributed by atoms with Gasteiger partial charge in [-0.25, -0.2) is 0 Å². The smallest absolute Gasteiger partial charge is 0.0204 e. The van der Waals surface area contributed by atoms with Crippen molar-refractivity contribution >= 4 is 0 Å². The fraction of sp³-hybridized carbons (Fsp3) is 1.00. The summed E-state index contributed by atoms with van der Waals surface area (Å²) < 4.78 is 0. The Labute approximate surface area is 97.2 Å². The molecule has 0 aliphatic carbocycles. The van der Waals surface area contributed by atoms with E-state index >= 15 is 0 Å². The van der Waals surface area contributed by atoms with Crippen molar-refractivity contribution in [3.05, 3.63) is 0 Å². The topological polar surface area (TPSA) is 3.24 Å². The van der Waals surface area contributed by atoms with Gasteiger partial charge in [-0.15, -0.1) is 0 Å². The van der Waals surface area contributed by atoms with E-state index in [1.807, 2.05) is 0 Å². The number of hydrogen-bond donors (Lipinski definition) is 0. The third-order valence-corrected chi connectivity index (χ3v) is 3.96. The van der Waals surface area contributed by atoms with E-state index in [-0.39, 0.29) is 0 Å². The van der Waals surface area contributed by atoms with Crippen LogP contribution in [0.1, 0.15) is 73.6 Å². The summed E-state index contributed by atoms with van der Waals surface area (Å²) in [6.45, 7) is 15.3. The molecule has 0 aromatic carbocycles. The molecule has 1 nitrogen and oxygen atoms in total. The van der Waals surface area contributed by atoms with Gasteiger partial charge in [0, 0.05) is 11.6 Å². The zero-order valence-corrected chi connectivity index (χ0v) is 11.8. The van der Waals surface area contributed by atoms with Gasteiger partial charge in [-0.2, -0.15) is 0 Å². The molecule has 0 aromatic rings. The Balaban J connectivity index is 4.66. The molecule has 0 heterocycles. The van der Waals surface area contributed by atoms with Crippen LogP contribution in [0.15, 0.2) is 0 Å². The summed E-state index contributed by atoms with van der Waals surface area (Å²) in [4.78, 5) is 2.73. The molecule has 0 aliphatic rings. The predicted octanol–water partition coefficient (Wildman–Crippen LogP) is 4.47. The molecule has 0 fully saturated rings. The van der Waals surface area contributed by atoms with E-state index in [9.17, 15) is 0 Å². The molecule has 0 aromatic heterocycles. The van der Waals surface area contributed by atoms with Crippen LogP contribution in [0.4, 0.5) is 0 Å². The summed E-state index contributed by atoms with van der Waals surface area (Å²) in [5, 5.41) is 0. The zero-order valence-electron chi connectivity index (χ0n) is 11.8. The zero-order chi connectivity index (χ0) is 11.9. The van der Waals surface area contributed by atoms with Crippen LogP contribution < -0.4 is 0 Å². The van der Waals surface area contributed by atoms with E-state index in [4.69, 9.17) is 0 Å². The van der Waals surface area contributed by atoms with E-state index < -0.39 is 0 Å². The van der Waals surface area contributed by atoms with Crippen molar-refractivity contribution in [1.82, 2.24) is 4.90 Å². The summed E-state index contributed by atoms with van der Waals surface area (Å²) in [7, 11) is 0. The molecule has 92 valence electrons. The number of hydrogen-bond acceptors (Lipinski definition) is 1. The van der Waals surface area contributed by atoms with Crippen LogP contribution >= 0.6 is 0 Å². The number of unbranched alkanes of at least 4 members (excludes halogenated alkanes) is 1. The van der Waals surface area contributed by atoms with Gasteiger partial charge in [0.05, 0.1) is 0 Å². The molecular formula is C14H31N. The van der Waals surface area contributed by atoms with Crippen LogP contribution in [0.5, 0.6) is 0 Å². The quantitative estimate of drug-likeness (QED) is 0.575. The molecule has 0 amide bonds. The van der Waals surface area contributed by atoms with Gasteiger partial charge in [-0.1, -0.05) is 34.1 Å². The molecule has 0 saturated heterocycles. The molecule has 15 heavy (non-hydrogen) atoms. The average Bonchev–Trinajstić information content (AvgIpc) is 2.24. The Bertz CT molecular complexity index is 139. The lowest BCUT2D eigenvalue weighted by atomic mass is 9.86. The highest BCUT2D eigenvalue weighted by Gasteiger charge is 2.32. The summed E-state index contributed by atoms with van der Waals surface area (Å²) >= 11 is 0. The second kappa shape index (κ2) is 7.27. The van der Waals surface area contributed by atoms with Crippen LogP contribution in [0.25, 0.3) is 0 Å². The van der Waals surface area contributed by atoms with E-state index in [0.29, 0.717) is 11.6 Å². The molecule has 0 aliphatic heterocycles. The van der Waals surface area contributed by atoms with Crippen LogP contribution in [0.2, 0.25) is 0 Å². The molecule has 0 rings (SSSR count). The lowest BCUT2D eigenvalue weighted by Gasteiger charge is -2.45. The Morgan fingerprint density at radius 3 is 1.67 bits per heavy atom. The lowest BCUT2D eigenvalue weighted by Crippen LogP contribution is -2.51. The minimum atomic E-state index is 0.448. The van der Waals surface area contributed by atoms with Crippen molar-refractivity contribution in [1.29, 1.82) is 0 Å². The van der Waals surface area contributed by atoms with Crippen molar-refractivity contribution < 1.29 is 0 Å². The molecule has 0 N–H and O–H groups in total. The monoisotopic (exact) mass is 213 g/mol. The van der Waals surface area contributed by atoms with Crippen LogP contribution in [0.3, 0.4) is 0 Å². The summed E-state index contributed by atoms with van der Waals surface area (Å²) in [5.41, 5.74) is 0.448. The van der Waals surface area contributed by atoms with E-state index in [2.05, 4.69) is 46.4 Å². The second-order valence-electron chi connectivity index (χ2n) is 4.93. The minimum Gasteiger partial charge on any atom is -0.295 e. The normalized spacial score (nSPS) is 12.8. The summed E-state index contributed by atoms with van der Waals surface area (Å²) in [6.07, 6.45) is 6.47. The maximum atomic E-state index is 2.73. The standard InChI is InChI=1S/C14H31N/c1-7-11-12-15(13(5)6)14(8-2,9-3)10-4/h13H,7-12H2,1-6H3.